The Labute approximate surface area is 133 Å². The number of hydrogen-bond acceptors (Lipinski definition) is 2. The van der Waals surface area contributed by atoms with Gasteiger partial charge in [-0.3, -0.25) is 0 Å². The maximum atomic E-state index is 5.44. The second-order valence-electron chi connectivity index (χ2n) is 5.87. The van der Waals surface area contributed by atoms with Crippen molar-refractivity contribution in [3.8, 4) is 0 Å². The summed E-state index contributed by atoms with van der Waals surface area (Å²) in [7, 11) is 4.05. The molecule has 0 atom stereocenters. The van der Waals surface area contributed by atoms with Crippen LogP contribution in [0.15, 0.2) is 40.3 Å². The first-order valence-electron chi connectivity index (χ1n) is 7.80. The Morgan fingerprint density at radius 2 is 1.77 bits per heavy atom. The molecule has 120 valence electrons. The van der Waals surface area contributed by atoms with Crippen LogP contribution in [0, 0.1) is 5.92 Å². The minimum Gasteiger partial charge on any atom is -0.378 e. The third kappa shape index (κ3) is 4.56. The van der Waals surface area contributed by atoms with E-state index < -0.39 is 0 Å². The van der Waals surface area contributed by atoms with Crippen LogP contribution >= 0.6 is 0 Å². The van der Waals surface area contributed by atoms with Crippen LogP contribution in [0.2, 0.25) is 0 Å². The van der Waals surface area contributed by atoms with Gasteiger partial charge < -0.3 is 14.5 Å². The predicted molar refractivity (Wildman–Crippen MR) is 91.9 cm³/mol. The molecule has 0 unspecified atom stereocenters. The SMILES string of the molecule is CC(C)C(=NC(=Nc1ccccc1)N1CCOCC1)N(C)C. The highest BCUT2D eigenvalue weighted by atomic mass is 16.5. The molecule has 1 fully saturated rings. The van der Waals surface area contributed by atoms with E-state index in [1.165, 1.54) is 0 Å². The van der Waals surface area contributed by atoms with E-state index in [0.717, 1.165) is 43.8 Å². The highest BCUT2D eigenvalue weighted by Gasteiger charge is 2.17. The molecule has 0 N–H and O–H groups in total. The highest BCUT2D eigenvalue weighted by Crippen LogP contribution is 2.14. The average Bonchev–Trinajstić information content (AvgIpc) is 2.52. The van der Waals surface area contributed by atoms with Crippen LogP contribution in [-0.4, -0.2) is 62.0 Å². The Morgan fingerprint density at radius 1 is 1.14 bits per heavy atom. The summed E-state index contributed by atoms with van der Waals surface area (Å²) in [6, 6.07) is 9.99. The molecule has 1 saturated heterocycles. The molecule has 5 heteroatoms. The van der Waals surface area contributed by atoms with Gasteiger partial charge >= 0.3 is 0 Å². The van der Waals surface area contributed by atoms with E-state index in [1.54, 1.807) is 0 Å². The quantitative estimate of drug-likeness (QED) is 0.623. The third-order valence-electron chi connectivity index (χ3n) is 3.47. The molecule has 1 aliphatic rings. The standard InChI is InChI=1S/C17H26N4O/c1-14(2)16(20(3)4)19-17(21-10-12-22-13-11-21)18-15-8-6-5-7-9-15/h5-9,14H,10-13H2,1-4H3. The van der Waals surface area contributed by atoms with Gasteiger partial charge in [0, 0.05) is 33.1 Å². The second-order valence-corrected chi connectivity index (χ2v) is 5.87. The normalized spacial score (nSPS) is 17.0. The number of guanidine groups is 1. The van der Waals surface area contributed by atoms with Crippen molar-refractivity contribution in [1.29, 1.82) is 0 Å². The van der Waals surface area contributed by atoms with Crippen molar-refractivity contribution in [2.24, 2.45) is 15.9 Å². The number of benzene rings is 1. The predicted octanol–water partition coefficient (Wildman–Crippen LogP) is 2.62. The molecule has 0 bridgehead atoms. The molecule has 0 spiro atoms. The average molecular weight is 302 g/mol. The number of amidine groups is 1. The Morgan fingerprint density at radius 3 is 2.32 bits per heavy atom. The van der Waals surface area contributed by atoms with Gasteiger partial charge in [-0.05, 0) is 12.1 Å². The van der Waals surface area contributed by atoms with Gasteiger partial charge in [-0.2, -0.15) is 4.99 Å². The minimum atomic E-state index is 0.344. The Hall–Kier alpha value is -1.88. The fraction of sp³-hybridized carbons (Fsp3) is 0.529. The maximum Gasteiger partial charge on any atom is 0.227 e. The molecule has 2 rings (SSSR count). The highest BCUT2D eigenvalue weighted by molar-refractivity contribution is 5.97. The lowest BCUT2D eigenvalue weighted by molar-refractivity contribution is 0.0676. The van der Waals surface area contributed by atoms with E-state index in [1.807, 2.05) is 44.4 Å². The first-order chi connectivity index (χ1) is 10.6. The smallest absolute Gasteiger partial charge is 0.227 e. The Bertz CT molecular complexity index is 507. The molecular formula is C17H26N4O. The van der Waals surface area contributed by atoms with E-state index in [9.17, 15) is 0 Å². The van der Waals surface area contributed by atoms with Gasteiger partial charge in [0.25, 0.3) is 0 Å². The van der Waals surface area contributed by atoms with Crippen LogP contribution in [0.25, 0.3) is 0 Å². The third-order valence-corrected chi connectivity index (χ3v) is 3.47. The lowest BCUT2D eigenvalue weighted by Gasteiger charge is -2.29. The molecule has 0 saturated carbocycles. The van der Waals surface area contributed by atoms with Crippen molar-refractivity contribution in [1.82, 2.24) is 9.80 Å². The summed E-state index contributed by atoms with van der Waals surface area (Å²) >= 11 is 0. The summed E-state index contributed by atoms with van der Waals surface area (Å²) in [6.45, 7) is 7.41. The van der Waals surface area contributed by atoms with E-state index in [-0.39, 0.29) is 0 Å². The van der Waals surface area contributed by atoms with Crippen LogP contribution in [0.3, 0.4) is 0 Å². The van der Waals surface area contributed by atoms with Gasteiger partial charge in [0.2, 0.25) is 5.96 Å². The monoisotopic (exact) mass is 302 g/mol. The molecule has 0 amide bonds. The van der Waals surface area contributed by atoms with Crippen LogP contribution in [0.4, 0.5) is 5.69 Å². The van der Waals surface area contributed by atoms with Crippen LogP contribution in [0.5, 0.6) is 0 Å². The van der Waals surface area contributed by atoms with Gasteiger partial charge in [-0.25, -0.2) is 4.99 Å². The van der Waals surface area contributed by atoms with Crippen LogP contribution < -0.4 is 0 Å². The molecule has 0 radical (unpaired) electrons. The van der Waals surface area contributed by atoms with Crippen molar-refractivity contribution in [2.45, 2.75) is 13.8 Å². The van der Waals surface area contributed by atoms with E-state index >= 15 is 0 Å². The molecule has 1 aliphatic heterocycles. The Balaban J connectivity index is 2.36. The maximum absolute atomic E-state index is 5.44. The van der Waals surface area contributed by atoms with Crippen molar-refractivity contribution >= 4 is 17.5 Å². The van der Waals surface area contributed by atoms with Gasteiger partial charge in [0.05, 0.1) is 18.9 Å². The first-order valence-corrected chi connectivity index (χ1v) is 7.80. The van der Waals surface area contributed by atoms with Gasteiger partial charge in [-0.1, -0.05) is 32.0 Å². The summed E-state index contributed by atoms with van der Waals surface area (Å²) in [5.41, 5.74) is 0.926. The van der Waals surface area contributed by atoms with Gasteiger partial charge in [-0.15, -0.1) is 0 Å². The molecule has 22 heavy (non-hydrogen) atoms. The van der Waals surface area contributed by atoms with Crippen molar-refractivity contribution in [3.63, 3.8) is 0 Å². The topological polar surface area (TPSA) is 40.4 Å². The number of para-hydroxylation sites is 1. The minimum absolute atomic E-state index is 0.344. The number of rotatable bonds is 2. The molecule has 1 heterocycles. The van der Waals surface area contributed by atoms with E-state index in [4.69, 9.17) is 14.7 Å². The van der Waals surface area contributed by atoms with Gasteiger partial charge in [0.1, 0.15) is 5.84 Å². The zero-order valence-corrected chi connectivity index (χ0v) is 14.0. The Kier molecular flexibility index (Phi) is 5.95. The van der Waals surface area contributed by atoms with Gasteiger partial charge in [0.15, 0.2) is 0 Å². The second kappa shape index (κ2) is 7.94. The fourth-order valence-electron chi connectivity index (χ4n) is 2.40. The zero-order valence-electron chi connectivity index (χ0n) is 14.0. The largest absolute Gasteiger partial charge is 0.378 e. The number of hydrogen-bond donors (Lipinski definition) is 0. The zero-order chi connectivity index (χ0) is 15.9. The van der Waals surface area contributed by atoms with Crippen LogP contribution in [0.1, 0.15) is 13.8 Å². The summed E-state index contributed by atoms with van der Waals surface area (Å²) in [5.74, 6) is 2.14. The summed E-state index contributed by atoms with van der Waals surface area (Å²) in [5, 5.41) is 0. The van der Waals surface area contributed by atoms with Crippen molar-refractivity contribution in [3.05, 3.63) is 30.3 Å². The van der Waals surface area contributed by atoms with E-state index in [2.05, 4.69) is 23.6 Å². The number of aliphatic imine (C=N–C) groups is 2. The number of morpholine rings is 1. The summed E-state index contributed by atoms with van der Waals surface area (Å²) in [4.78, 5) is 13.9. The molecule has 1 aromatic rings. The molecule has 0 aliphatic carbocycles. The lowest BCUT2D eigenvalue weighted by atomic mass is 10.2. The van der Waals surface area contributed by atoms with E-state index in [0.29, 0.717) is 5.92 Å². The lowest BCUT2D eigenvalue weighted by Crippen LogP contribution is -2.41. The number of ether oxygens (including phenoxy) is 1. The van der Waals surface area contributed by atoms with Crippen molar-refractivity contribution in [2.75, 3.05) is 40.4 Å². The molecular weight excluding hydrogens is 276 g/mol. The summed E-state index contributed by atoms with van der Waals surface area (Å²) in [6.07, 6.45) is 0. The number of nitrogens with zero attached hydrogens (tertiary/aromatic N) is 4. The van der Waals surface area contributed by atoms with Crippen LogP contribution in [-0.2, 0) is 4.74 Å². The first kappa shape index (κ1) is 16.5. The van der Waals surface area contributed by atoms with Crippen molar-refractivity contribution < 1.29 is 4.74 Å². The molecule has 0 aromatic heterocycles. The summed E-state index contributed by atoms with van der Waals surface area (Å²) < 4.78 is 5.44. The molecule has 1 aromatic carbocycles. The fourth-order valence-corrected chi connectivity index (χ4v) is 2.40. The molecule has 5 nitrogen and oxygen atoms in total.